The second kappa shape index (κ2) is 6.05. The number of carbonyl (C=O) groups excluding carboxylic acids is 1. The summed E-state index contributed by atoms with van der Waals surface area (Å²) in [7, 11) is 0. The molecule has 2 N–H and O–H groups in total. The van der Waals surface area contributed by atoms with Gasteiger partial charge in [0.15, 0.2) is 0 Å². The van der Waals surface area contributed by atoms with Crippen molar-refractivity contribution in [2.45, 2.75) is 31.0 Å². The minimum atomic E-state index is -4.32. The molecule has 9 heteroatoms. The van der Waals surface area contributed by atoms with E-state index in [1.807, 2.05) is 0 Å². The highest BCUT2D eigenvalue weighted by molar-refractivity contribution is 6.15. The molecule has 0 bridgehead atoms. The molecule has 1 fully saturated rings. The Kier molecular flexibility index (Phi) is 4.18. The maximum atomic E-state index is 12.5. The summed E-state index contributed by atoms with van der Waals surface area (Å²) in [4.78, 5) is 29.0. The highest BCUT2D eigenvalue weighted by atomic mass is 19.4. The Morgan fingerprint density at radius 2 is 2.00 bits per heavy atom. The first-order chi connectivity index (χ1) is 11.7. The number of nitrogens with zero attached hydrogens (tertiary/aromatic N) is 2. The third-order valence-electron chi connectivity index (χ3n) is 4.45. The number of alkyl halides is 3. The standard InChI is InChI=1S/C16H16F3N3O3/c17-16(18,19)9-10-2-1-3-11(8-10)12-20-13(23)15(21-12)4-6-22(7-5-15)14(24)25/h1-3,8H,4-7,9H2,(H,24,25)(H,20,21,23). The van der Waals surface area contributed by atoms with E-state index < -0.39 is 24.2 Å². The van der Waals surface area contributed by atoms with E-state index in [1.54, 1.807) is 6.07 Å². The molecule has 0 aliphatic carbocycles. The van der Waals surface area contributed by atoms with Gasteiger partial charge >= 0.3 is 12.3 Å². The van der Waals surface area contributed by atoms with Gasteiger partial charge in [0, 0.05) is 18.7 Å². The van der Waals surface area contributed by atoms with Gasteiger partial charge in [0.25, 0.3) is 5.91 Å². The van der Waals surface area contributed by atoms with Crippen LogP contribution in [0.25, 0.3) is 0 Å². The molecule has 2 amide bonds. The van der Waals surface area contributed by atoms with Crippen molar-refractivity contribution in [3.8, 4) is 0 Å². The Morgan fingerprint density at radius 1 is 1.32 bits per heavy atom. The fourth-order valence-electron chi connectivity index (χ4n) is 3.12. The van der Waals surface area contributed by atoms with Crippen molar-refractivity contribution in [2.24, 2.45) is 4.99 Å². The maximum absolute atomic E-state index is 12.5. The highest BCUT2D eigenvalue weighted by Crippen LogP contribution is 2.31. The lowest BCUT2D eigenvalue weighted by atomic mass is 9.88. The number of rotatable bonds is 2. The predicted octanol–water partition coefficient (Wildman–Crippen LogP) is 2.18. The number of aliphatic imine (C=N–C) groups is 1. The lowest BCUT2D eigenvalue weighted by molar-refractivity contribution is -0.127. The van der Waals surface area contributed by atoms with Crippen LogP contribution in [0.15, 0.2) is 29.3 Å². The Hall–Kier alpha value is -2.58. The van der Waals surface area contributed by atoms with Crippen molar-refractivity contribution in [1.82, 2.24) is 10.2 Å². The van der Waals surface area contributed by atoms with E-state index in [1.165, 1.54) is 23.1 Å². The summed E-state index contributed by atoms with van der Waals surface area (Å²) in [5.41, 5.74) is -0.544. The van der Waals surface area contributed by atoms with Crippen molar-refractivity contribution in [3.63, 3.8) is 0 Å². The lowest BCUT2D eigenvalue weighted by Crippen LogP contribution is -2.50. The molecule has 2 aliphatic rings. The Balaban J connectivity index is 1.81. The van der Waals surface area contributed by atoms with Crippen LogP contribution in [0.2, 0.25) is 0 Å². The summed E-state index contributed by atoms with van der Waals surface area (Å²) in [6.07, 6.45) is -5.92. The number of carboxylic acid groups (broad SMARTS) is 1. The summed E-state index contributed by atoms with van der Waals surface area (Å²) in [6, 6.07) is 5.81. The molecular formula is C16H16F3N3O3. The average Bonchev–Trinajstić information content (AvgIpc) is 2.83. The molecular weight excluding hydrogens is 339 g/mol. The van der Waals surface area contributed by atoms with Gasteiger partial charge in [0.2, 0.25) is 0 Å². The molecule has 0 unspecified atom stereocenters. The van der Waals surface area contributed by atoms with Crippen LogP contribution in [0, 0.1) is 0 Å². The molecule has 6 nitrogen and oxygen atoms in total. The monoisotopic (exact) mass is 355 g/mol. The third kappa shape index (κ3) is 3.59. The van der Waals surface area contributed by atoms with Gasteiger partial charge in [-0.25, -0.2) is 4.79 Å². The second-order valence-electron chi connectivity index (χ2n) is 6.21. The molecule has 0 aromatic heterocycles. The summed E-state index contributed by atoms with van der Waals surface area (Å²) >= 11 is 0. The van der Waals surface area contributed by atoms with E-state index in [-0.39, 0.29) is 43.2 Å². The van der Waals surface area contributed by atoms with Crippen LogP contribution in [0.1, 0.15) is 24.0 Å². The number of amidine groups is 1. The summed E-state index contributed by atoms with van der Waals surface area (Å²) in [5, 5.41) is 11.6. The van der Waals surface area contributed by atoms with E-state index in [2.05, 4.69) is 10.3 Å². The normalized spacial score (nSPS) is 19.7. The van der Waals surface area contributed by atoms with Crippen molar-refractivity contribution < 1.29 is 27.9 Å². The molecule has 0 saturated carbocycles. The van der Waals surface area contributed by atoms with E-state index in [4.69, 9.17) is 5.11 Å². The van der Waals surface area contributed by atoms with Gasteiger partial charge in [-0.1, -0.05) is 18.2 Å². The molecule has 0 radical (unpaired) electrons. The summed E-state index contributed by atoms with van der Waals surface area (Å²) < 4.78 is 37.6. The zero-order valence-corrected chi connectivity index (χ0v) is 13.1. The van der Waals surface area contributed by atoms with Gasteiger partial charge in [0.05, 0.1) is 6.42 Å². The number of hydrogen-bond donors (Lipinski definition) is 2. The lowest BCUT2D eigenvalue weighted by Gasteiger charge is -2.33. The molecule has 134 valence electrons. The van der Waals surface area contributed by atoms with Crippen molar-refractivity contribution >= 4 is 17.8 Å². The number of piperidine rings is 1. The zero-order valence-electron chi connectivity index (χ0n) is 13.1. The van der Waals surface area contributed by atoms with Gasteiger partial charge in [-0.2, -0.15) is 13.2 Å². The number of benzene rings is 1. The van der Waals surface area contributed by atoms with E-state index in [0.717, 1.165) is 0 Å². The molecule has 2 aliphatic heterocycles. The van der Waals surface area contributed by atoms with Crippen LogP contribution in [0.3, 0.4) is 0 Å². The van der Waals surface area contributed by atoms with Crippen molar-refractivity contribution in [1.29, 1.82) is 0 Å². The van der Waals surface area contributed by atoms with Gasteiger partial charge in [-0.3, -0.25) is 9.79 Å². The molecule has 1 saturated heterocycles. The third-order valence-corrected chi connectivity index (χ3v) is 4.45. The number of halogens is 3. The van der Waals surface area contributed by atoms with E-state index in [0.29, 0.717) is 5.56 Å². The van der Waals surface area contributed by atoms with Crippen LogP contribution in [0.4, 0.5) is 18.0 Å². The zero-order chi connectivity index (χ0) is 18.2. The first-order valence-corrected chi connectivity index (χ1v) is 7.74. The van der Waals surface area contributed by atoms with Gasteiger partial charge in [-0.05, 0) is 24.5 Å². The molecule has 1 aromatic carbocycles. The molecule has 3 rings (SSSR count). The first kappa shape index (κ1) is 17.2. The van der Waals surface area contributed by atoms with Crippen molar-refractivity contribution in [2.75, 3.05) is 13.1 Å². The summed E-state index contributed by atoms with van der Waals surface area (Å²) in [6.45, 7) is 0.376. The van der Waals surface area contributed by atoms with Gasteiger partial charge < -0.3 is 15.3 Å². The fraction of sp³-hybridized carbons (Fsp3) is 0.438. The number of carbonyl (C=O) groups is 2. The smallest absolute Gasteiger partial charge is 0.407 e. The number of amides is 2. The average molecular weight is 355 g/mol. The molecule has 0 atom stereocenters. The van der Waals surface area contributed by atoms with E-state index in [9.17, 15) is 22.8 Å². The highest BCUT2D eigenvalue weighted by Gasteiger charge is 2.46. The van der Waals surface area contributed by atoms with Gasteiger partial charge in [0.1, 0.15) is 11.4 Å². The predicted molar refractivity (Wildman–Crippen MR) is 82.4 cm³/mol. The number of nitrogens with one attached hydrogen (secondary N) is 1. The van der Waals surface area contributed by atoms with Crippen LogP contribution < -0.4 is 5.32 Å². The minimum Gasteiger partial charge on any atom is -0.465 e. The SMILES string of the molecule is O=C(O)N1CCC2(CC1)N=C(c1cccc(CC(F)(F)F)c1)NC2=O. The molecule has 2 heterocycles. The van der Waals surface area contributed by atoms with Crippen LogP contribution in [-0.2, 0) is 11.2 Å². The van der Waals surface area contributed by atoms with Crippen LogP contribution in [-0.4, -0.2) is 52.6 Å². The maximum Gasteiger partial charge on any atom is 0.407 e. The largest absolute Gasteiger partial charge is 0.465 e. The topological polar surface area (TPSA) is 82.0 Å². The first-order valence-electron chi connectivity index (χ1n) is 7.74. The second-order valence-corrected chi connectivity index (χ2v) is 6.21. The van der Waals surface area contributed by atoms with Crippen LogP contribution >= 0.6 is 0 Å². The van der Waals surface area contributed by atoms with Gasteiger partial charge in [-0.15, -0.1) is 0 Å². The molecule has 1 aromatic rings. The minimum absolute atomic E-state index is 0.0867. The Bertz CT molecular complexity index is 738. The fourth-order valence-corrected chi connectivity index (χ4v) is 3.12. The number of hydrogen-bond acceptors (Lipinski definition) is 3. The summed E-state index contributed by atoms with van der Waals surface area (Å²) in [5.74, 6) is -0.105. The quantitative estimate of drug-likeness (QED) is 0.853. The Labute approximate surface area is 141 Å². The van der Waals surface area contributed by atoms with E-state index >= 15 is 0 Å². The Morgan fingerprint density at radius 3 is 2.60 bits per heavy atom. The molecule has 25 heavy (non-hydrogen) atoms. The van der Waals surface area contributed by atoms with Crippen LogP contribution in [0.5, 0.6) is 0 Å². The number of likely N-dealkylation sites (tertiary alicyclic amines) is 1. The van der Waals surface area contributed by atoms with Crippen molar-refractivity contribution in [3.05, 3.63) is 35.4 Å². The molecule has 1 spiro atoms.